The molecule has 0 heterocycles. The molecule has 0 aromatic heterocycles. The molecule has 6 nitrogen and oxygen atoms in total. The fourth-order valence-corrected chi connectivity index (χ4v) is 11.5. The fourth-order valence-electron chi connectivity index (χ4n) is 11.5. The van der Waals surface area contributed by atoms with Gasteiger partial charge in [0.05, 0.1) is 0 Å². The fraction of sp³-hybridized carbons (Fsp3) is 0.958. The van der Waals surface area contributed by atoms with Crippen LogP contribution in [0.3, 0.4) is 0 Å². The monoisotopic (exact) mass is 1100 g/mol. The van der Waals surface area contributed by atoms with Crippen molar-refractivity contribution in [3.8, 4) is 0 Å². The smallest absolute Gasteiger partial charge is 0.306 e. The van der Waals surface area contributed by atoms with Crippen LogP contribution in [-0.2, 0) is 28.6 Å². The number of unbranched alkanes of at least 4 members (excludes halogenated alkanes) is 57. The maximum atomic E-state index is 12.9. The van der Waals surface area contributed by atoms with Crippen molar-refractivity contribution in [3.63, 3.8) is 0 Å². The SMILES string of the molecule is CCCCCCCCCCCCCCCCCCCCCCCCCCCCCCCCCCCCC(=O)OCC(COC(=O)CCCCCCCCCCCCCCC)OC(=O)CCCCCCCCCCCCCCC. The van der Waals surface area contributed by atoms with Crippen molar-refractivity contribution in [3.05, 3.63) is 0 Å². The molecule has 0 aromatic carbocycles. The third kappa shape index (κ3) is 65.2. The van der Waals surface area contributed by atoms with E-state index in [0.717, 1.165) is 57.8 Å². The Labute approximate surface area is 488 Å². The van der Waals surface area contributed by atoms with Crippen LogP contribution in [0.5, 0.6) is 0 Å². The molecule has 0 fully saturated rings. The third-order valence-corrected chi connectivity index (χ3v) is 16.9. The molecule has 6 heteroatoms. The first kappa shape index (κ1) is 76.4. The van der Waals surface area contributed by atoms with Crippen LogP contribution in [0.2, 0.25) is 0 Å². The van der Waals surface area contributed by atoms with Gasteiger partial charge in [0.25, 0.3) is 0 Å². The van der Waals surface area contributed by atoms with Gasteiger partial charge >= 0.3 is 17.9 Å². The van der Waals surface area contributed by atoms with Crippen molar-refractivity contribution in [1.82, 2.24) is 0 Å². The van der Waals surface area contributed by atoms with Crippen LogP contribution in [-0.4, -0.2) is 37.2 Å². The van der Waals surface area contributed by atoms with Crippen LogP contribution in [0.25, 0.3) is 0 Å². The zero-order chi connectivity index (χ0) is 56.4. The molecule has 0 rings (SSSR count). The van der Waals surface area contributed by atoms with Crippen LogP contribution < -0.4 is 0 Å². The van der Waals surface area contributed by atoms with Gasteiger partial charge in [0.1, 0.15) is 13.2 Å². The van der Waals surface area contributed by atoms with Crippen LogP contribution in [0.15, 0.2) is 0 Å². The highest BCUT2D eigenvalue weighted by Gasteiger charge is 2.20. The molecular weight excluding hydrogens is 961 g/mol. The minimum absolute atomic E-state index is 0.0606. The predicted molar refractivity (Wildman–Crippen MR) is 340 cm³/mol. The Hall–Kier alpha value is -1.59. The van der Waals surface area contributed by atoms with Crippen LogP contribution >= 0.6 is 0 Å². The molecule has 1 unspecified atom stereocenters. The molecule has 78 heavy (non-hydrogen) atoms. The Morgan fingerprint density at radius 1 is 0.205 bits per heavy atom. The summed E-state index contributed by atoms with van der Waals surface area (Å²) in [5.41, 5.74) is 0. The van der Waals surface area contributed by atoms with Gasteiger partial charge in [-0.05, 0) is 19.3 Å². The first-order valence-electron chi connectivity index (χ1n) is 36.0. The number of carbonyl (C=O) groups excluding carboxylic acids is 3. The Kier molecular flexibility index (Phi) is 66.5. The standard InChI is InChI=1S/C72H140O6/c1-4-7-10-13-16-19-22-25-26-27-28-29-30-31-32-33-34-35-36-37-38-39-40-41-42-43-44-45-48-50-53-56-59-62-65-71(74)77-68-69(78-72(75)66-63-60-57-54-51-47-24-21-18-15-12-9-6-3)67-76-70(73)64-61-58-55-52-49-46-23-20-17-14-11-8-5-2/h69H,4-68H2,1-3H3. The molecule has 0 saturated heterocycles. The molecule has 0 amide bonds. The van der Waals surface area contributed by atoms with E-state index in [4.69, 9.17) is 14.2 Å². The maximum Gasteiger partial charge on any atom is 0.306 e. The van der Waals surface area contributed by atoms with E-state index < -0.39 is 6.10 Å². The van der Waals surface area contributed by atoms with E-state index in [1.165, 1.54) is 327 Å². The molecule has 0 radical (unpaired) electrons. The molecule has 0 aliphatic heterocycles. The summed E-state index contributed by atoms with van der Waals surface area (Å²) in [7, 11) is 0. The molecule has 0 aliphatic rings. The lowest BCUT2D eigenvalue weighted by molar-refractivity contribution is -0.167. The lowest BCUT2D eigenvalue weighted by Gasteiger charge is -2.18. The van der Waals surface area contributed by atoms with Gasteiger partial charge in [-0.3, -0.25) is 14.4 Å². The molecule has 0 saturated carbocycles. The quantitative estimate of drug-likeness (QED) is 0.0343. The van der Waals surface area contributed by atoms with E-state index >= 15 is 0 Å². The summed E-state index contributed by atoms with van der Waals surface area (Å²) >= 11 is 0. The predicted octanol–water partition coefficient (Wildman–Crippen LogP) is 24.6. The molecule has 0 N–H and O–H groups in total. The van der Waals surface area contributed by atoms with Gasteiger partial charge in [0.2, 0.25) is 0 Å². The molecule has 0 bridgehead atoms. The summed E-state index contributed by atoms with van der Waals surface area (Å²) in [6.45, 7) is 6.72. The summed E-state index contributed by atoms with van der Waals surface area (Å²) < 4.78 is 17.0. The number of hydrogen-bond donors (Lipinski definition) is 0. The summed E-state index contributed by atoms with van der Waals surface area (Å²) in [5.74, 6) is -0.825. The third-order valence-electron chi connectivity index (χ3n) is 16.9. The Morgan fingerprint density at radius 3 is 0.513 bits per heavy atom. The van der Waals surface area contributed by atoms with Crippen molar-refractivity contribution < 1.29 is 28.6 Å². The summed E-state index contributed by atoms with van der Waals surface area (Å²) in [6.07, 6.45) is 80.2. The molecule has 0 spiro atoms. The molecule has 0 aliphatic carbocycles. The summed E-state index contributed by atoms with van der Waals surface area (Å²) in [6, 6.07) is 0. The highest BCUT2D eigenvalue weighted by molar-refractivity contribution is 5.71. The van der Waals surface area contributed by atoms with E-state index in [-0.39, 0.29) is 31.1 Å². The second-order valence-corrected chi connectivity index (χ2v) is 24.9. The topological polar surface area (TPSA) is 78.9 Å². The number of hydrogen-bond acceptors (Lipinski definition) is 6. The number of ether oxygens (including phenoxy) is 3. The summed E-state index contributed by atoms with van der Waals surface area (Å²) in [4.78, 5) is 38.3. The van der Waals surface area contributed by atoms with Crippen molar-refractivity contribution in [2.24, 2.45) is 0 Å². The lowest BCUT2D eigenvalue weighted by Crippen LogP contribution is -2.30. The Bertz CT molecular complexity index is 1170. The van der Waals surface area contributed by atoms with Gasteiger partial charge in [-0.25, -0.2) is 0 Å². The largest absolute Gasteiger partial charge is 0.462 e. The Morgan fingerprint density at radius 2 is 0.346 bits per heavy atom. The van der Waals surface area contributed by atoms with Crippen LogP contribution in [0, 0.1) is 0 Å². The number of carbonyl (C=O) groups is 3. The van der Waals surface area contributed by atoms with Crippen LogP contribution in [0.4, 0.5) is 0 Å². The van der Waals surface area contributed by atoms with Gasteiger partial charge in [-0.1, -0.05) is 387 Å². The second kappa shape index (κ2) is 67.9. The van der Waals surface area contributed by atoms with E-state index in [0.29, 0.717) is 19.3 Å². The van der Waals surface area contributed by atoms with Crippen molar-refractivity contribution in [2.75, 3.05) is 13.2 Å². The number of esters is 3. The van der Waals surface area contributed by atoms with E-state index in [9.17, 15) is 14.4 Å². The first-order chi connectivity index (χ1) is 38.5. The summed E-state index contributed by atoms with van der Waals surface area (Å²) in [5, 5.41) is 0. The van der Waals surface area contributed by atoms with E-state index in [2.05, 4.69) is 20.8 Å². The zero-order valence-electron chi connectivity index (χ0n) is 53.5. The second-order valence-electron chi connectivity index (χ2n) is 24.9. The average molecular weight is 1100 g/mol. The van der Waals surface area contributed by atoms with Crippen molar-refractivity contribution >= 4 is 17.9 Å². The highest BCUT2D eigenvalue weighted by Crippen LogP contribution is 2.20. The van der Waals surface area contributed by atoms with Gasteiger partial charge in [0, 0.05) is 19.3 Å². The number of rotatable bonds is 68. The lowest BCUT2D eigenvalue weighted by atomic mass is 10.0. The van der Waals surface area contributed by atoms with Crippen molar-refractivity contribution in [1.29, 1.82) is 0 Å². The minimum Gasteiger partial charge on any atom is -0.462 e. The van der Waals surface area contributed by atoms with Crippen LogP contribution in [0.1, 0.15) is 425 Å². The van der Waals surface area contributed by atoms with Crippen molar-refractivity contribution in [2.45, 2.75) is 431 Å². The normalized spacial score (nSPS) is 11.9. The van der Waals surface area contributed by atoms with E-state index in [1.807, 2.05) is 0 Å². The van der Waals surface area contributed by atoms with E-state index in [1.54, 1.807) is 0 Å². The van der Waals surface area contributed by atoms with Gasteiger partial charge in [-0.15, -0.1) is 0 Å². The molecule has 0 aromatic rings. The van der Waals surface area contributed by atoms with Gasteiger partial charge in [0.15, 0.2) is 6.10 Å². The van der Waals surface area contributed by atoms with Gasteiger partial charge < -0.3 is 14.2 Å². The average Bonchev–Trinajstić information content (AvgIpc) is 3.44. The minimum atomic E-state index is -0.762. The molecule has 1 atom stereocenters. The zero-order valence-corrected chi connectivity index (χ0v) is 53.5. The van der Waals surface area contributed by atoms with Gasteiger partial charge in [-0.2, -0.15) is 0 Å². The maximum absolute atomic E-state index is 12.9. The molecule has 464 valence electrons. The Balaban J connectivity index is 3.98. The highest BCUT2D eigenvalue weighted by atomic mass is 16.6. The molecular formula is C72H140O6. The first-order valence-corrected chi connectivity index (χ1v) is 36.0.